The van der Waals surface area contributed by atoms with Gasteiger partial charge in [-0.2, -0.15) is 0 Å². The lowest BCUT2D eigenvalue weighted by Crippen LogP contribution is -2.16. The first kappa shape index (κ1) is 18.8. The van der Waals surface area contributed by atoms with Crippen molar-refractivity contribution in [3.63, 3.8) is 0 Å². The summed E-state index contributed by atoms with van der Waals surface area (Å²) in [5.74, 6) is -2.31. The third-order valence-corrected chi connectivity index (χ3v) is 3.86. The van der Waals surface area contributed by atoms with E-state index in [0.717, 1.165) is 0 Å². The minimum absolute atomic E-state index is 0.223. The zero-order valence-corrected chi connectivity index (χ0v) is 12.3. The average molecular weight is 316 g/mol. The second-order valence-electron chi connectivity index (χ2n) is 5.23. The summed E-state index contributed by atoms with van der Waals surface area (Å²) in [5.41, 5.74) is 0.985. The number of phenolic OH excluding ortho intramolecular Hbond substituents is 1. The van der Waals surface area contributed by atoms with Crippen molar-refractivity contribution in [2.75, 3.05) is 39.6 Å². The van der Waals surface area contributed by atoms with Crippen LogP contribution in [0.2, 0.25) is 0 Å². The quantitative estimate of drug-likeness (QED) is 0.297. The lowest BCUT2D eigenvalue weighted by molar-refractivity contribution is 0.183. The van der Waals surface area contributed by atoms with Crippen LogP contribution < -0.4 is 0 Å². The van der Waals surface area contributed by atoms with Gasteiger partial charge in [-0.15, -0.1) is 0 Å². The number of hydrogen-bond donors (Lipinski definition) is 7. The molecule has 7 N–H and O–H groups in total. The van der Waals surface area contributed by atoms with Crippen LogP contribution in [0.1, 0.15) is 34.4 Å². The molecule has 0 aliphatic heterocycles. The number of aliphatic hydroxyl groups excluding tert-OH is 6. The largest absolute Gasteiger partial charge is 0.507 e. The molecule has 0 aromatic heterocycles. The topological polar surface area (TPSA) is 142 Å². The molecular weight excluding hydrogens is 292 g/mol. The highest BCUT2D eigenvalue weighted by atomic mass is 16.3. The van der Waals surface area contributed by atoms with Crippen LogP contribution >= 0.6 is 0 Å². The van der Waals surface area contributed by atoms with Gasteiger partial charge in [0.15, 0.2) is 0 Å². The molecule has 0 atom stereocenters. The molecule has 126 valence electrons. The van der Waals surface area contributed by atoms with Crippen LogP contribution in [-0.4, -0.2) is 75.4 Å². The van der Waals surface area contributed by atoms with Gasteiger partial charge in [-0.05, 0) is 5.56 Å². The van der Waals surface area contributed by atoms with E-state index in [2.05, 4.69) is 0 Å². The van der Waals surface area contributed by atoms with Crippen molar-refractivity contribution in [2.45, 2.75) is 17.8 Å². The SMILES string of the molecule is OCC(CO)c1cc(C(CO)CO)c(O)c(C(CO)CO)c1. The third kappa shape index (κ3) is 3.95. The van der Waals surface area contributed by atoms with Crippen LogP contribution in [0.3, 0.4) is 0 Å². The van der Waals surface area contributed by atoms with Crippen molar-refractivity contribution in [1.82, 2.24) is 0 Å². The molecule has 1 aromatic carbocycles. The molecule has 0 heterocycles. The van der Waals surface area contributed by atoms with E-state index in [1.54, 1.807) is 0 Å². The van der Waals surface area contributed by atoms with Gasteiger partial charge < -0.3 is 35.7 Å². The maximum Gasteiger partial charge on any atom is 0.122 e. The van der Waals surface area contributed by atoms with Crippen LogP contribution in [0.25, 0.3) is 0 Å². The molecule has 1 rings (SSSR count). The van der Waals surface area contributed by atoms with Gasteiger partial charge in [0.25, 0.3) is 0 Å². The van der Waals surface area contributed by atoms with E-state index in [0.29, 0.717) is 5.56 Å². The second-order valence-corrected chi connectivity index (χ2v) is 5.23. The highest BCUT2D eigenvalue weighted by molar-refractivity contribution is 5.48. The van der Waals surface area contributed by atoms with E-state index < -0.39 is 44.2 Å². The summed E-state index contributed by atoms with van der Waals surface area (Å²) in [6.45, 7) is -2.27. The maximum atomic E-state index is 10.3. The predicted octanol–water partition coefficient (Wildman–Crippen LogP) is -1.40. The van der Waals surface area contributed by atoms with E-state index in [1.807, 2.05) is 0 Å². The molecule has 0 aliphatic carbocycles. The molecule has 0 fully saturated rings. The Morgan fingerprint density at radius 2 is 0.909 bits per heavy atom. The van der Waals surface area contributed by atoms with E-state index in [9.17, 15) is 35.7 Å². The Morgan fingerprint density at radius 1 is 0.591 bits per heavy atom. The minimum atomic E-state index is -0.741. The Bertz CT molecular complexity index is 418. The van der Waals surface area contributed by atoms with Crippen molar-refractivity contribution in [3.05, 3.63) is 28.8 Å². The summed E-state index contributed by atoms with van der Waals surface area (Å²) in [6.07, 6.45) is 0. The van der Waals surface area contributed by atoms with Gasteiger partial charge in [-0.1, -0.05) is 12.1 Å². The molecule has 7 heteroatoms. The number of aromatic hydroxyl groups is 1. The fraction of sp³-hybridized carbons (Fsp3) is 0.600. The smallest absolute Gasteiger partial charge is 0.122 e. The van der Waals surface area contributed by atoms with Gasteiger partial charge >= 0.3 is 0 Å². The Hall–Kier alpha value is -1.22. The molecule has 0 bridgehead atoms. The lowest BCUT2D eigenvalue weighted by Gasteiger charge is -2.23. The average Bonchev–Trinajstić information content (AvgIpc) is 2.54. The number of hydrogen-bond acceptors (Lipinski definition) is 7. The fourth-order valence-corrected chi connectivity index (χ4v) is 2.34. The summed E-state index contributed by atoms with van der Waals surface area (Å²) < 4.78 is 0. The maximum absolute atomic E-state index is 10.3. The number of benzene rings is 1. The van der Waals surface area contributed by atoms with Gasteiger partial charge in [0.1, 0.15) is 5.75 Å². The molecule has 1 aromatic rings. The highest BCUT2D eigenvalue weighted by Crippen LogP contribution is 2.36. The molecule has 0 spiro atoms. The first-order valence-corrected chi connectivity index (χ1v) is 7.09. The van der Waals surface area contributed by atoms with Gasteiger partial charge in [-0.3, -0.25) is 0 Å². The molecule has 0 unspecified atom stereocenters. The predicted molar refractivity (Wildman–Crippen MR) is 78.8 cm³/mol. The Labute approximate surface area is 128 Å². The molecule has 0 aliphatic rings. The summed E-state index contributed by atoms with van der Waals surface area (Å²) in [5, 5.41) is 66.3. The molecule has 0 radical (unpaired) electrons. The minimum Gasteiger partial charge on any atom is -0.507 e. The Morgan fingerprint density at radius 3 is 1.18 bits per heavy atom. The summed E-state index contributed by atoms with van der Waals surface area (Å²) in [7, 11) is 0. The van der Waals surface area contributed by atoms with Crippen molar-refractivity contribution >= 4 is 0 Å². The molecule has 22 heavy (non-hydrogen) atoms. The van der Waals surface area contributed by atoms with Crippen LogP contribution in [0.5, 0.6) is 5.75 Å². The highest BCUT2D eigenvalue weighted by Gasteiger charge is 2.24. The first-order chi connectivity index (χ1) is 10.6. The lowest BCUT2D eigenvalue weighted by atomic mass is 9.86. The van der Waals surface area contributed by atoms with Crippen molar-refractivity contribution in [2.24, 2.45) is 0 Å². The zero-order valence-electron chi connectivity index (χ0n) is 12.3. The van der Waals surface area contributed by atoms with Gasteiger partial charge in [0, 0.05) is 28.9 Å². The number of aliphatic hydroxyl groups is 6. The van der Waals surface area contributed by atoms with Gasteiger partial charge in [0.2, 0.25) is 0 Å². The van der Waals surface area contributed by atoms with Crippen molar-refractivity contribution in [3.8, 4) is 5.75 Å². The molecule has 0 saturated heterocycles. The Balaban J connectivity index is 3.48. The number of phenols is 1. The van der Waals surface area contributed by atoms with E-state index in [1.165, 1.54) is 12.1 Å². The molecular formula is C15H24O7. The second kappa shape index (κ2) is 9.04. The molecule has 0 amide bonds. The number of rotatable bonds is 9. The van der Waals surface area contributed by atoms with Crippen molar-refractivity contribution < 1.29 is 35.7 Å². The fourth-order valence-electron chi connectivity index (χ4n) is 2.34. The Kier molecular flexibility index (Phi) is 7.74. The van der Waals surface area contributed by atoms with Crippen LogP contribution in [0.4, 0.5) is 0 Å². The van der Waals surface area contributed by atoms with Crippen LogP contribution in [-0.2, 0) is 0 Å². The summed E-state index contributed by atoms with van der Waals surface area (Å²) in [6, 6.07) is 3.00. The van der Waals surface area contributed by atoms with Crippen LogP contribution in [0.15, 0.2) is 12.1 Å². The van der Waals surface area contributed by atoms with Gasteiger partial charge in [-0.25, -0.2) is 0 Å². The summed E-state index contributed by atoms with van der Waals surface area (Å²) in [4.78, 5) is 0. The first-order valence-electron chi connectivity index (χ1n) is 7.09. The van der Waals surface area contributed by atoms with E-state index in [-0.39, 0.29) is 30.1 Å². The summed E-state index contributed by atoms with van der Waals surface area (Å²) >= 11 is 0. The molecule has 0 saturated carbocycles. The van der Waals surface area contributed by atoms with Crippen LogP contribution in [0, 0.1) is 0 Å². The third-order valence-electron chi connectivity index (χ3n) is 3.86. The monoisotopic (exact) mass is 316 g/mol. The zero-order chi connectivity index (χ0) is 16.7. The standard InChI is InChI=1S/C15H24O7/c16-3-10(4-17)9-1-13(11(5-18)6-19)15(22)14(2-9)12(7-20)8-21/h1-2,10-12,16-22H,3-8H2. The van der Waals surface area contributed by atoms with Gasteiger partial charge in [0.05, 0.1) is 39.6 Å². The normalized spacial score (nSPS) is 11.9. The van der Waals surface area contributed by atoms with Crippen molar-refractivity contribution in [1.29, 1.82) is 0 Å². The molecule has 7 nitrogen and oxygen atoms in total. The van der Waals surface area contributed by atoms with E-state index in [4.69, 9.17) is 0 Å². The van der Waals surface area contributed by atoms with E-state index >= 15 is 0 Å².